The zero-order chi connectivity index (χ0) is 15.9. The van der Waals surface area contributed by atoms with Crippen molar-refractivity contribution in [3.05, 3.63) is 16.1 Å². The first kappa shape index (κ1) is 15.7. The molecule has 1 aliphatic carbocycles. The lowest BCUT2D eigenvalue weighted by atomic mass is 9.97. The van der Waals surface area contributed by atoms with Crippen LogP contribution < -0.4 is 0 Å². The van der Waals surface area contributed by atoms with Crippen molar-refractivity contribution in [3.63, 3.8) is 0 Å². The quantitative estimate of drug-likeness (QED) is 0.924. The normalized spacial score (nSPS) is 21.9. The third kappa shape index (κ3) is 3.27. The Balaban J connectivity index is 1.57. The average Bonchev–Trinajstić information content (AvgIpc) is 3.21. The Morgan fingerprint density at radius 3 is 2.45 bits per heavy atom. The summed E-state index contributed by atoms with van der Waals surface area (Å²) in [6.45, 7) is 0.933. The van der Waals surface area contributed by atoms with Crippen LogP contribution in [0.15, 0.2) is 5.38 Å². The molecule has 0 spiro atoms. The molecule has 1 amide bonds. The van der Waals surface area contributed by atoms with Gasteiger partial charge in [0.1, 0.15) is 6.10 Å². The molecule has 2 aliphatic rings. The smallest absolute Gasteiger partial charge is 0.383 e. The van der Waals surface area contributed by atoms with Crippen LogP contribution in [0.2, 0.25) is 0 Å². The molecule has 0 unspecified atom stereocenters. The summed E-state index contributed by atoms with van der Waals surface area (Å²) in [6, 6.07) is 0. The van der Waals surface area contributed by atoms with Crippen molar-refractivity contribution >= 4 is 17.2 Å². The monoisotopic (exact) mass is 334 g/mol. The molecule has 3 rings (SSSR count). The van der Waals surface area contributed by atoms with Crippen LogP contribution in [0.25, 0.3) is 0 Å². The Hall–Kier alpha value is -1.15. The number of rotatable bonds is 3. The van der Waals surface area contributed by atoms with Gasteiger partial charge in [-0.1, -0.05) is 0 Å². The number of likely N-dealkylation sites (tertiary alicyclic amines) is 1. The highest BCUT2D eigenvalue weighted by Crippen LogP contribution is 2.37. The first-order valence-corrected chi connectivity index (χ1v) is 8.23. The van der Waals surface area contributed by atoms with E-state index in [0.717, 1.165) is 29.6 Å². The van der Waals surface area contributed by atoms with Gasteiger partial charge in [0, 0.05) is 24.4 Å². The number of aliphatic hydroxyl groups excluding tert-OH is 1. The number of thiazole rings is 1. The fraction of sp³-hybridized carbons (Fsp3) is 0.714. The maximum atomic E-state index is 12.6. The summed E-state index contributed by atoms with van der Waals surface area (Å²) in [5.74, 6) is -0.183. The highest BCUT2D eigenvalue weighted by Gasteiger charge is 2.39. The predicted octanol–water partition coefficient (Wildman–Crippen LogP) is 2.64. The SMILES string of the molecule is O=C([C@@H](O)C1CC1)N1CCC(c2nc(C(F)(F)F)cs2)CC1. The van der Waals surface area contributed by atoms with Gasteiger partial charge in [0.15, 0.2) is 5.69 Å². The number of nitrogens with zero attached hydrogens (tertiary/aromatic N) is 2. The van der Waals surface area contributed by atoms with E-state index in [4.69, 9.17) is 0 Å². The highest BCUT2D eigenvalue weighted by atomic mass is 32.1. The fourth-order valence-corrected chi connectivity index (χ4v) is 3.75. The maximum Gasteiger partial charge on any atom is 0.434 e. The molecule has 0 bridgehead atoms. The van der Waals surface area contributed by atoms with Gasteiger partial charge in [-0.15, -0.1) is 11.3 Å². The van der Waals surface area contributed by atoms with Gasteiger partial charge in [-0.05, 0) is 31.6 Å². The van der Waals surface area contributed by atoms with Gasteiger partial charge in [-0.25, -0.2) is 4.98 Å². The number of halogens is 3. The largest absolute Gasteiger partial charge is 0.434 e. The van der Waals surface area contributed by atoms with Gasteiger partial charge < -0.3 is 10.0 Å². The Bertz CT molecular complexity index is 549. The first-order chi connectivity index (χ1) is 10.4. The van der Waals surface area contributed by atoms with Crippen LogP contribution >= 0.6 is 11.3 Å². The predicted molar refractivity (Wildman–Crippen MR) is 74.4 cm³/mol. The van der Waals surface area contributed by atoms with Crippen molar-refractivity contribution in [3.8, 4) is 0 Å². The zero-order valence-corrected chi connectivity index (χ0v) is 12.7. The summed E-state index contributed by atoms with van der Waals surface area (Å²) < 4.78 is 37.7. The number of aromatic nitrogens is 1. The molecule has 1 atom stereocenters. The molecule has 8 heteroatoms. The topological polar surface area (TPSA) is 53.4 Å². The zero-order valence-electron chi connectivity index (χ0n) is 11.8. The van der Waals surface area contributed by atoms with E-state index in [9.17, 15) is 23.1 Å². The van der Waals surface area contributed by atoms with Crippen LogP contribution in [-0.4, -0.2) is 40.1 Å². The second kappa shape index (κ2) is 5.81. The molecule has 1 N–H and O–H groups in total. The minimum absolute atomic E-state index is 0.0387. The molecule has 4 nitrogen and oxygen atoms in total. The minimum atomic E-state index is -4.40. The number of alkyl halides is 3. The lowest BCUT2D eigenvalue weighted by Crippen LogP contribution is -2.44. The maximum absolute atomic E-state index is 12.6. The standard InChI is InChI=1S/C14H17F3N2O2S/c15-14(16,17)10-7-22-12(18-10)9-3-5-19(6-4-9)13(21)11(20)8-1-2-8/h7-9,11,20H,1-6H2/t11-/m0/s1. The van der Waals surface area contributed by atoms with Crippen LogP contribution in [0.1, 0.15) is 42.3 Å². The van der Waals surface area contributed by atoms with Crippen molar-refractivity contribution in [2.24, 2.45) is 5.92 Å². The van der Waals surface area contributed by atoms with Crippen LogP contribution in [0.5, 0.6) is 0 Å². The van der Waals surface area contributed by atoms with Gasteiger partial charge in [-0.3, -0.25) is 4.79 Å². The van der Waals surface area contributed by atoms with Gasteiger partial charge in [0.05, 0.1) is 5.01 Å². The lowest BCUT2D eigenvalue weighted by molar-refractivity contribution is -0.142. The van der Waals surface area contributed by atoms with Crippen molar-refractivity contribution < 1.29 is 23.1 Å². The van der Waals surface area contributed by atoms with Crippen molar-refractivity contribution in [2.45, 2.75) is 43.9 Å². The molecule has 0 aromatic carbocycles. The summed E-state index contributed by atoms with van der Waals surface area (Å²) in [5.41, 5.74) is -0.838. The third-order valence-corrected chi connectivity index (χ3v) is 5.30. The lowest BCUT2D eigenvalue weighted by Gasteiger charge is -2.32. The van der Waals surface area contributed by atoms with Gasteiger partial charge in [0.25, 0.3) is 5.91 Å². The molecule has 1 aromatic heterocycles. The van der Waals surface area contributed by atoms with Gasteiger partial charge >= 0.3 is 6.18 Å². The number of hydrogen-bond acceptors (Lipinski definition) is 4. The van der Waals surface area contributed by atoms with Crippen LogP contribution in [-0.2, 0) is 11.0 Å². The molecule has 0 radical (unpaired) electrons. The average molecular weight is 334 g/mol. The Morgan fingerprint density at radius 2 is 1.95 bits per heavy atom. The van der Waals surface area contributed by atoms with E-state index in [1.54, 1.807) is 4.90 Å². The number of aliphatic hydroxyl groups is 1. The van der Waals surface area contributed by atoms with Gasteiger partial charge in [0.2, 0.25) is 0 Å². The molecule has 2 fully saturated rings. The van der Waals surface area contributed by atoms with E-state index < -0.39 is 18.0 Å². The number of amides is 1. The van der Waals surface area contributed by atoms with E-state index in [1.165, 1.54) is 0 Å². The minimum Gasteiger partial charge on any atom is -0.383 e. The molecule has 2 heterocycles. The van der Waals surface area contributed by atoms with Gasteiger partial charge in [-0.2, -0.15) is 13.2 Å². The Morgan fingerprint density at radius 1 is 1.32 bits per heavy atom. The Kier molecular flexibility index (Phi) is 4.15. The molecule has 1 saturated heterocycles. The molecule has 1 aromatic rings. The summed E-state index contributed by atoms with van der Waals surface area (Å²) >= 11 is 1.03. The molecule has 22 heavy (non-hydrogen) atoms. The van der Waals surface area contributed by atoms with E-state index in [2.05, 4.69) is 4.98 Å². The van der Waals surface area contributed by atoms with E-state index in [-0.39, 0.29) is 17.7 Å². The summed E-state index contributed by atoms with van der Waals surface area (Å²) in [7, 11) is 0. The van der Waals surface area contributed by atoms with Crippen molar-refractivity contribution in [1.29, 1.82) is 0 Å². The van der Waals surface area contributed by atoms with Crippen molar-refractivity contribution in [2.75, 3.05) is 13.1 Å². The molecule has 1 aliphatic heterocycles. The number of hydrogen-bond donors (Lipinski definition) is 1. The molecule has 1 saturated carbocycles. The number of carbonyl (C=O) groups excluding carboxylic acids is 1. The third-order valence-electron chi connectivity index (χ3n) is 4.29. The Labute approximate surface area is 130 Å². The second-order valence-electron chi connectivity index (χ2n) is 5.95. The summed E-state index contributed by atoms with van der Waals surface area (Å²) in [5, 5.41) is 11.4. The van der Waals surface area contributed by atoms with E-state index in [1.807, 2.05) is 0 Å². The number of carbonyl (C=O) groups is 1. The fourth-order valence-electron chi connectivity index (χ4n) is 2.75. The molecular formula is C14H17F3N2O2S. The summed E-state index contributed by atoms with van der Waals surface area (Å²) in [6.07, 6.45) is -2.35. The second-order valence-corrected chi connectivity index (χ2v) is 6.84. The van der Waals surface area contributed by atoms with Crippen LogP contribution in [0.3, 0.4) is 0 Å². The van der Waals surface area contributed by atoms with Crippen LogP contribution in [0, 0.1) is 5.92 Å². The first-order valence-electron chi connectivity index (χ1n) is 7.35. The summed E-state index contributed by atoms with van der Waals surface area (Å²) in [4.78, 5) is 17.4. The van der Waals surface area contributed by atoms with E-state index in [0.29, 0.717) is 30.9 Å². The molecule has 122 valence electrons. The molecular weight excluding hydrogens is 317 g/mol. The van der Waals surface area contributed by atoms with Crippen LogP contribution in [0.4, 0.5) is 13.2 Å². The van der Waals surface area contributed by atoms with E-state index >= 15 is 0 Å². The highest BCUT2D eigenvalue weighted by molar-refractivity contribution is 7.09. The van der Waals surface area contributed by atoms with Crippen molar-refractivity contribution in [1.82, 2.24) is 9.88 Å². The number of piperidine rings is 1.